The van der Waals surface area contributed by atoms with Crippen molar-refractivity contribution in [1.29, 1.82) is 0 Å². The van der Waals surface area contributed by atoms with Crippen LogP contribution in [-0.2, 0) is 0 Å². The van der Waals surface area contributed by atoms with Gasteiger partial charge in [-0.2, -0.15) is 0 Å². The highest BCUT2D eigenvalue weighted by Crippen LogP contribution is 2.35. The van der Waals surface area contributed by atoms with Crippen molar-refractivity contribution < 1.29 is 9.90 Å². The van der Waals surface area contributed by atoms with Crippen molar-refractivity contribution in [2.24, 2.45) is 0 Å². The summed E-state index contributed by atoms with van der Waals surface area (Å²) in [7, 11) is 0. The molecule has 0 aromatic heterocycles. The van der Waals surface area contributed by atoms with Crippen LogP contribution in [0.1, 0.15) is 17.3 Å². The van der Waals surface area contributed by atoms with Crippen LogP contribution >= 0.6 is 11.8 Å². The Hall–Kier alpha value is -1.16. The van der Waals surface area contributed by atoms with Gasteiger partial charge < -0.3 is 10.4 Å². The van der Waals surface area contributed by atoms with Gasteiger partial charge in [0.2, 0.25) is 0 Å². The lowest BCUT2D eigenvalue weighted by Gasteiger charge is -2.22. The molecular weight excluding hydrogens is 198 g/mol. The molecule has 0 aliphatic carbocycles. The summed E-state index contributed by atoms with van der Waals surface area (Å²) in [4.78, 5) is 11.8. The van der Waals surface area contributed by atoms with Gasteiger partial charge in [0.1, 0.15) is 0 Å². The van der Waals surface area contributed by atoms with Gasteiger partial charge in [-0.3, -0.25) is 0 Å². The minimum atomic E-state index is -0.869. The average Bonchev–Trinajstić information content (AvgIpc) is 2.16. The average molecular weight is 209 g/mol. The van der Waals surface area contributed by atoms with E-state index in [-0.39, 0.29) is 0 Å². The normalized spacial score (nSPS) is 19.6. The van der Waals surface area contributed by atoms with Crippen LogP contribution in [0.25, 0.3) is 0 Å². The van der Waals surface area contributed by atoms with Gasteiger partial charge in [0, 0.05) is 22.4 Å². The van der Waals surface area contributed by atoms with E-state index in [2.05, 4.69) is 12.2 Å². The molecule has 0 saturated heterocycles. The van der Waals surface area contributed by atoms with Crippen LogP contribution in [-0.4, -0.2) is 22.9 Å². The van der Waals surface area contributed by atoms with Crippen LogP contribution in [0.2, 0.25) is 0 Å². The summed E-state index contributed by atoms with van der Waals surface area (Å²) in [6, 6.07) is 5.19. The van der Waals surface area contributed by atoms with Gasteiger partial charge in [-0.15, -0.1) is 11.8 Å². The summed E-state index contributed by atoms with van der Waals surface area (Å²) in [6.07, 6.45) is 0. The second-order valence-electron chi connectivity index (χ2n) is 3.33. The second-order valence-corrected chi connectivity index (χ2v) is 4.81. The van der Waals surface area contributed by atoms with Crippen molar-refractivity contribution in [2.45, 2.75) is 17.1 Å². The first kappa shape index (κ1) is 9.40. The number of anilines is 1. The van der Waals surface area contributed by atoms with E-state index in [1.165, 1.54) is 0 Å². The van der Waals surface area contributed by atoms with Crippen molar-refractivity contribution in [3.63, 3.8) is 0 Å². The van der Waals surface area contributed by atoms with Gasteiger partial charge in [-0.05, 0) is 18.2 Å². The van der Waals surface area contributed by atoms with Gasteiger partial charge in [-0.25, -0.2) is 4.79 Å². The zero-order chi connectivity index (χ0) is 10.1. The number of benzene rings is 1. The molecule has 2 N–H and O–H groups in total. The van der Waals surface area contributed by atoms with Crippen molar-refractivity contribution >= 4 is 23.4 Å². The lowest BCUT2D eigenvalue weighted by molar-refractivity contribution is 0.0696. The van der Waals surface area contributed by atoms with E-state index in [1.807, 2.05) is 6.07 Å². The minimum Gasteiger partial charge on any atom is -0.478 e. The summed E-state index contributed by atoms with van der Waals surface area (Å²) in [5.74, 6) is -0.869. The predicted octanol–water partition coefficient (Wildman–Crippen LogP) is 2.29. The van der Waals surface area contributed by atoms with Gasteiger partial charge in [0.05, 0.1) is 5.56 Å². The Labute approximate surface area is 86.5 Å². The number of nitrogens with one attached hydrogen (secondary N) is 1. The van der Waals surface area contributed by atoms with Crippen LogP contribution in [0.15, 0.2) is 23.1 Å². The Kier molecular flexibility index (Phi) is 2.37. The number of carboxylic acids is 1. The summed E-state index contributed by atoms with van der Waals surface area (Å²) >= 11 is 1.72. The highest BCUT2D eigenvalue weighted by molar-refractivity contribution is 8.00. The monoisotopic (exact) mass is 209 g/mol. The first-order chi connectivity index (χ1) is 6.66. The molecular formula is C10H11NO2S. The smallest absolute Gasteiger partial charge is 0.335 e. The van der Waals surface area contributed by atoms with Crippen LogP contribution in [0.3, 0.4) is 0 Å². The van der Waals surface area contributed by atoms with E-state index in [4.69, 9.17) is 5.11 Å². The molecule has 1 unspecified atom stereocenters. The summed E-state index contributed by atoms with van der Waals surface area (Å²) in [5, 5.41) is 12.6. The number of thioether (sulfide) groups is 1. The Morgan fingerprint density at radius 2 is 2.43 bits per heavy atom. The molecule has 1 aliphatic rings. The van der Waals surface area contributed by atoms with E-state index in [0.717, 1.165) is 17.1 Å². The third kappa shape index (κ3) is 1.70. The molecule has 0 fully saturated rings. The second kappa shape index (κ2) is 3.53. The maximum atomic E-state index is 10.7. The Morgan fingerprint density at radius 1 is 1.64 bits per heavy atom. The maximum absolute atomic E-state index is 10.7. The number of aromatic carboxylic acids is 1. The first-order valence-corrected chi connectivity index (χ1v) is 5.32. The molecule has 14 heavy (non-hydrogen) atoms. The SMILES string of the molecule is CC1CNc2ccc(C(=O)O)cc2S1. The topological polar surface area (TPSA) is 49.3 Å². The van der Waals surface area contributed by atoms with Gasteiger partial charge in [-0.1, -0.05) is 6.92 Å². The Bertz CT molecular complexity index is 378. The quantitative estimate of drug-likeness (QED) is 0.745. The molecule has 1 heterocycles. The largest absolute Gasteiger partial charge is 0.478 e. The Morgan fingerprint density at radius 3 is 3.14 bits per heavy atom. The molecule has 1 aromatic rings. The van der Waals surface area contributed by atoms with Crippen molar-refractivity contribution in [3.05, 3.63) is 23.8 Å². The standard InChI is InChI=1S/C10H11NO2S/c1-6-5-11-8-3-2-7(10(12)13)4-9(8)14-6/h2-4,6,11H,5H2,1H3,(H,12,13). The fraction of sp³-hybridized carbons (Fsp3) is 0.300. The van der Waals surface area contributed by atoms with E-state index in [9.17, 15) is 4.79 Å². The molecule has 0 spiro atoms. The predicted molar refractivity (Wildman–Crippen MR) is 57.2 cm³/mol. The van der Waals surface area contributed by atoms with Gasteiger partial charge in [0.25, 0.3) is 0 Å². The summed E-state index contributed by atoms with van der Waals surface area (Å²) in [5.41, 5.74) is 1.39. The van der Waals surface area contributed by atoms with Crippen LogP contribution < -0.4 is 5.32 Å². The van der Waals surface area contributed by atoms with E-state index in [0.29, 0.717) is 10.8 Å². The number of carboxylic acid groups (broad SMARTS) is 1. The fourth-order valence-electron chi connectivity index (χ4n) is 1.41. The molecule has 0 bridgehead atoms. The molecule has 0 amide bonds. The van der Waals surface area contributed by atoms with Crippen LogP contribution in [0.4, 0.5) is 5.69 Å². The van der Waals surface area contributed by atoms with Crippen molar-refractivity contribution in [3.8, 4) is 0 Å². The lowest BCUT2D eigenvalue weighted by Crippen LogP contribution is -2.18. The first-order valence-electron chi connectivity index (χ1n) is 4.44. The molecule has 0 radical (unpaired) electrons. The molecule has 1 aromatic carbocycles. The molecule has 74 valence electrons. The number of fused-ring (bicyclic) bond motifs is 1. The number of hydrogen-bond acceptors (Lipinski definition) is 3. The van der Waals surface area contributed by atoms with E-state index < -0.39 is 5.97 Å². The van der Waals surface area contributed by atoms with Crippen molar-refractivity contribution in [1.82, 2.24) is 0 Å². The highest BCUT2D eigenvalue weighted by Gasteiger charge is 2.16. The molecule has 3 nitrogen and oxygen atoms in total. The fourth-order valence-corrected chi connectivity index (χ4v) is 2.47. The summed E-state index contributed by atoms with van der Waals surface area (Å²) < 4.78 is 0. The number of hydrogen-bond donors (Lipinski definition) is 2. The number of rotatable bonds is 1. The minimum absolute atomic E-state index is 0.354. The van der Waals surface area contributed by atoms with Gasteiger partial charge in [0.15, 0.2) is 0 Å². The lowest BCUT2D eigenvalue weighted by atomic mass is 10.2. The van der Waals surface area contributed by atoms with Gasteiger partial charge >= 0.3 is 5.97 Å². The van der Waals surface area contributed by atoms with Crippen LogP contribution in [0.5, 0.6) is 0 Å². The zero-order valence-electron chi connectivity index (χ0n) is 7.78. The highest BCUT2D eigenvalue weighted by atomic mass is 32.2. The molecule has 2 rings (SSSR count). The number of carbonyl (C=O) groups is 1. The zero-order valence-corrected chi connectivity index (χ0v) is 8.60. The molecule has 1 aliphatic heterocycles. The Balaban J connectivity index is 2.37. The molecule has 0 saturated carbocycles. The summed E-state index contributed by atoms with van der Waals surface area (Å²) in [6.45, 7) is 3.05. The van der Waals surface area contributed by atoms with E-state index in [1.54, 1.807) is 23.9 Å². The van der Waals surface area contributed by atoms with Crippen molar-refractivity contribution in [2.75, 3.05) is 11.9 Å². The third-order valence-electron chi connectivity index (χ3n) is 2.14. The third-order valence-corrected chi connectivity index (χ3v) is 3.30. The van der Waals surface area contributed by atoms with Crippen LogP contribution in [0, 0.1) is 0 Å². The van der Waals surface area contributed by atoms with E-state index >= 15 is 0 Å². The molecule has 4 heteroatoms. The molecule has 1 atom stereocenters. The maximum Gasteiger partial charge on any atom is 0.335 e.